The van der Waals surface area contributed by atoms with Crippen LogP contribution < -0.4 is 0 Å². The lowest BCUT2D eigenvalue weighted by atomic mass is 9.88. The van der Waals surface area contributed by atoms with Crippen LogP contribution in [0.4, 0.5) is 0 Å². The van der Waals surface area contributed by atoms with E-state index in [1.165, 1.54) is 49.7 Å². The first-order valence-corrected chi connectivity index (χ1v) is 10.7. The summed E-state index contributed by atoms with van der Waals surface area (Å²) in [6.07, 6.45) is 0.925. The summed E-state index contributed by atoms with van der Waals surface area (Å²) in [7, 11) is 0. The van der Waals surface area contributed by atoms with Gasteiger partial charge in [0.15, 0.2) is 0 Å². The largest absolute Gasteiger partial charge is 0.309 e. The Balaban J connectivity index is 1.78. The predicted octanol–water partition coefficient (Wildman–Crippen LogP) is 7.50. The molecule has 0 saturated heterocycles. The highest BCUT2D eigenvalue weighted by molar-refractivity contribution is 6.09. The van der Waals surface area contributed by atoms with Crippen LogP contribution in [0.2, 0.25) is 0 Å². The Bertz CT molecular complexity index is 1390. The molecule has 0 amide bonds. The van der Waals surface area contributed by atoms with Gasteiger partial charge in [0.1, 0.15) is 6.29 Å². The van der Waals surface area contributed by atoms with Crippen molar-refractivity contribution in [3.05, 3.63) is 101 Å². The smallest absolute Gasteiger partial charge is 0.150 e. The zero-order valence-electron chi connectivity index (χ0n) is 18.4. The van der Waals surface area contributed by atoms with Gasteiger partial charge in [-0.1, -0.05) is 36.4 Å². The number of carbonyl (C=O) groups is 1. The molecule has 1 aromatic heterocycles. The normalized spacial score (nSPS) is 11.4. The molecular weight excluding hydrogens is 378 g/mol. The van der Waals surface area contributed by atoms with Gasteiger partial charge >= 0.3 is 0 Å². The molecule has 0 aliphatic rings. The van der Waals surface area contributed by atoms with Gasteiger partial charge in [0, 0.05) is 22.0 Å². The minimum absolute atomic E-state index is 0.732. The number of hydrogen-bond acceptors (Lipinski definition) is 1. The van der Waals surface area contributed by atoms with Gasteiger partial charge in [0.25, 0.3) is 0 Å². The highest BCUT2D eigenvalue weighted by Crippen LogP contribution is 2.37. The van der Waals surface area contributed by atoms with Crippen molar-refractivity contribution in [2.75, 3.05) is 0 Å². The zero-order valence-corrected chi connectivity index (χ0v) is 18.4. The van der Waals surface area contributed by atoms with Crippen molar-refractivity contribution in [1.82, 2.24) is 4.57 Å². The summed E-state index contributed by atoms with van der Waals surface area (Å²) in [5.41, 5.74) is 11.6. The van der Waals surface area contributed by atoms with E-state index < -0.39 is 0 Å². The second-order valence-electron chi connectivity index (χ2n) is 8.47. The van der Waals surface area contributed by atoms with Gasteiger partial charge in [-0.05, 0) is 97.5 Å². The maximum absolute atomic E-state index is 11.3. The van der Waals surface area contributed by atoms with Crippen LogP contribution in [-0.2, 0) is 0 Å². The number of nitrogens with zero attached hydrogens (tertiary/aromatic N) is 1. The van der Waals surface area contributed by atoms with Gasteiger partial charge in [-0.25, -0.2) is 0 Å². The van der Waals surface area contributed by atoms with E-state index >= 15 is 0 Å². The first-order chi connectivity index (χ1) is 15.0. The summed E-state index contributed by atoms with van der Waals surface area (Å²) in [6, 6.07) is 25.7. The lowest BCUT2D eigenvalue weighted by Gasteiger charge is -2.19. The quantitative estimate of drug-likeness (QED) is 0.286. The van der Waals surface area contributed by atoms with Crippen LogP contribution in [-0.4, -0.2) is 10.9 Å². The number of aldehydes is 1. The Morgan fingerprint density at radius 3 is 1.48 bits per heavy atom. The van der Waals surface area contributed by atoms with E-state index in [2.05, 4.69) is 92.9 Å². The fourth-order valence-corrected chi connectivity index (χ4v) is 5.12. The standard InChI is InChI=1S/C29H25NO/c1-18-13-22(17-31)14-19(2)28(18)29-20(3)15-23(16-21(29)4)30-26-11-7-5-9-24(26)25-10-6-8-12-27(25)30/h5-17H,1-4H3. The van der Waals surface area contributed by atoms with Crippen molar-refractivity contribution in [2.45, 2.75) is 27.7 Å². The molecule has 0 radical (unpaired) electrons. The fraction of sp³-hybridized carbons (Fsp3) is 0.138. The zero-order chi connectivity index (χ0) is 21.7. The Kier molecular flexibility index (Phi) is 4.51. The highest BCUT2D eigenvalue weighted by Gasteiger charge is 2.16. The summed E-state index contributed by atoms with van der Waals surface area (Å²) in [4.78, 5) is 11.3. The third-order valence-electron chi connectivity index (χ3n) is 6.30. The Labute approximate surface area is 182 Å². The Morgan fingerprint density at radius 2 is 1.03 bits per heavy atom. The first kappa shape index (κ1) is 19.3. The number of rotatable bonds is 3. The molecule has 152 valence electrons. The number of carbonyl (C=O) groups excluding carboxylic acids is 1. The van der Waals surface area contributed by atoms with Gasteiger partial charge < -0.3 is 4.57 Å². The third kappa shape index (κ3) is 2.98. The lowest BCUT2D eigenvalue weighted by Crippen LogP contribution is -2.00. The number of fused-ring (bicyclic) bond motifs is 3. The summed E-state index contributed by atoms with van der Waals surface area (Å²) >= 11 is 0. The molecule has 0 saturated carbocycles. The SMILES string of the molecule is Cc1cc(C=O)cc(C)c1-c1c(C)cc(-n2c3ccccc3c3ccccc32)cc1C. The predicted molar refractivity (Wildman–Crippen MR) is 131 cm³/mol. The van der Waals surface area contributed by atoms with Crippen molar-refractivity contribution in [3.63, 3.8) is 0 Å². The maximum Gasteiger partial charge on any atom is 0.150 e. The molecule has 4 aromatic carbocycles. The van der Waals surface area contributed by atoms with Crippen LogP contribution in [0.3, 0.4) is 0 Å². The highest BCUT2D eigenvalue weighted by atomic mass is 16.1. The fourth-order valence-electron chi connectivity index (χ4n) is 5.12. The minimum Gasteiger partial charge on any atom is -0.309 e. The molecule has 0 fully saturated rings. The first-order valence-electron chi connectivity index (χ1n) is 10.7. The second-order valence-corrected chi connectivity index (χ2v) is 8.47. The number of aromatic nitrogens is 1. The topological polar surface area (TPSA) is 22.0 Å². The molecular formula is C29H25NO. The van der Waals surface area contributed by atoms with E-state index in [0.717, 1.165) is 23.0 Å². The van der Waals surface area contributed by atoms with E-state index in [9.17, 15) is 4.79 Å². The van der Waals surface area contributed by atoms with Gasteiger partial charge in [-0.3, -0.25) is 4.79 Å². The van der Waals surface area contributed by atoms with Gasteiger partial charge in [0.2, 0.25) is 0 Å². The summed E-state index contributed by atoms with van der Waals surface area (Å²) < 4.78 is 2.36. The van der Waals surface area contributed by atoms with Crippen LogP contribution in [0.15, 0.2) is 72.8 Å². The molecule has 31 heavy (non-hydrogen) atoms. The molecule has 0 atom stereocenters. The van der Waals surface area contributed by atoms with Gasteiger partial charge in [0.05, 0.1) is 11.0 Å². The molecule has 2 nitrogen and oxygen atoms in total. The molecule has 0 spiro atoms. The monoisotopic (exact) mass is 403 g/mol. The molecule has 0 unspecified atom stereocenters. The molecule has 0 aliphatic heterocycles. The lowest BCUT2D eigenvalue weighted by molar-refractivity contribution is 0.112. The van der Waals surface area contributed by atoms with Crippen molar-refractivity contribution < 1.29 is 4.79 Å². The Morgan fingerprint density at radius 1 is 0.613 bits per heavy atom. The van der Waals surface area contributed by atoms with Crippen LogP contribution >= 0.6 is 0 Å². The molecule has 0 aliphatic carbocycles. The van der Waals surface area contributed by atoms with Crippen molar-refractivity contribution in [3.8, 4) is 16.8 Å². The number of aryl methyl sites for hydroxylation is 4. The summed E-state index contributed by atoms with van der Waals surface area (Å²) in [5.74, 6) is 0. The van der Waals surface area contributed by atoms with Crippen LogP contribution in [0, 0.1) is 27.7 Å². The molecule has 5 aromatic rings. The van der Waals surface area contributed by atoms with E-state index in [1.807, 2.05) is 12.1 Å². The number of para-hydroxylation sites is 2. The second kappa shape index (κ2) is 7.24. The average Bonchev–Trinajstić information content (AvgIpc) is 3.09. The number of hydrogen-bond donors (Lipinski definition) is 0. The van der Waals surface area contributed by atoms with E-state index in [-0.39, 0.29) is 0 Å². The van der Waals surface area contributed by atoms with Crippen LogP contribution in [0.1, 0.15) is 32.6 Å². The van der Waals surface area contributed by atoms with Crippen molar-refractivity contribution in [1.29, 1.82) is 0 Å². The van der Waals surface area contributed by atoms with Gasteiger partial charge in [-0.2, -0.15) is 0 Å². The van der Waals surface area contributed by atoms with Crippen LogP contribution in [0.25, 0.3) is 38.6 Å². The molecule has 1 heterocycles. The van der Waals surface area contributed by atoms with E-state index in [0.29, 0.717) is 0 Å². The summed E-state index contributed by atoms with van der Waals surface area (Å²) in [6.45, 7) is 8.56. The molecule has 0 N–H and O–H groups in total. The molecule has 0 bridgehead atoms. The van der Waals surface area contributed by atoms with Crippen molar-refractivity contribution >= 4 is 28.1 Å². The van der Waals surface area contributed by atoms with E-state index in [1.54, 1.807) is 0 Å². The van der Waals surface area contributed by atoms with Crippen LogP contribution in [0.5, 0.6) is 0 Å². The minimum atomic E-state index is 0.732. The number of benzene rings is 4. The Hall–Kier alpha value is -3.65. The molecule has 5 rings (SSSR count). The van der Waals surface area contributed by atoms with Gasteiger partial charge in [-0.15, -0.1) is 0 Å². The summed E-state index contributed by atoms with van der Waals surface area (Å²) in [5, 5.41) is 2.54. The van der Waals surface area contributed by atoms with Crippen molar-refractivity contribution in [2.24, 2.45) is 0 Å². The van der Waals surface area contributed by atoms with E-state index in [4.69, 9.17) is 0 Å². The molecule has 2 heteroatoms. The third-order valence-corrected chi connectivity index (χ3v) is 6.30. The average molecular weight is 404 g/mol. The maximum atomic E-state index is 11.3.